The van der Waals surface area contributed by atoms with Crippen molar-refractivity contribution in [2.75, 3.05) is 6.61 Å². The summed E-state index contributed by atoms with van der Waals surface area (Å²) < 4.78 is 41.2. The number of ketones is 1. The number of aromatic hydroxyl groups is 2. The second-order valence-electron chi connectivity index (χ2n) is 13.2. The van der Waals surface area contributed by atoms with E-state index in [1.807, 2.05) is 0 Å². The molecule has 0 radical (unpaired) electrons. The minimum absolute atomic E-state index is 0.0577. The zero-order valence-electron chi connectivity index (χ0n) is 28.5. The van der Waals surface area contributed by atoms with Crippen LogP contribution in [0.3, 0.4) is 0 Å². The average Bonchev–Trinajstić information content (AvgIpc) is 3.14. The van der Waals surface area contributed by atoms with E-state index in [9.17, 15) is 55.5 Å². The standard InChI is InChI=1S/C36H36O19/c1-14-26(42)28(44)30(46)33(49-14)52-31-29(45)27(43)23(13-37)51-34(31)50-18-11-19(39)25-22(12-18)55-36(16-4-6-17(38)7-5-16)35(48,32(25)47)53-21-10-15(3-9-24(40)41)2-8-20(21)54-36/h2-12,14,23,26-31,33-34,37-39,42-46,48H,13H2,1H3,(H,40,41)/b9-3+/t14-,23+,26-,27+,28+,29-,30+,31+,33-,34?,35?,36?/m0/s1. The topological polar surface area (TPSA) is 301 Å². The second-order valence-corrected chi connectivity index (χ2v) is 13.2. The second kappa shape index (κ2) is 14.2. The van der Waals surface area contributed by atoms with Gasteiger partial charge in [-0.05, 0) is 55.0 Å². The third kappa shape index (κ3) is 6.49. The summed E-state index contributed by atoms with van der Waals surface area (Å²) in [5.74, 6) is -10.2. The largest absolute Gasteiger partial charge is 0.508 e. The molecule has 2 saturated heterocycles. The van der Waals surface area contributed by atoms with Crippen molar-refractivity contribution in [3.05, 3.63) is 77.4 Å². The first kappa shape index (κ1) is 38.2. The Morgan fingerprint density at radius 1 is 0.818 bits per heavy atom. The third-order valence-electron chi connectivity index (χ3n) is 9.61. The number of Topliss-reactive ketones (excluding diaryl/α,β-unsaturated/α-hetero) is 1. The molecule has 0 spiro atoms. The minimum Gasteiger partial charge on any atom is -0.508 e. The Hall–Kier alpha value is -5.06. The van der Waals surface area contributed by atoms with E-state index in [4.69, 9.17) is 38.3 Å². The number of hydrogen-bond acceptors (Lipinski definition) is 18. The summed E-state index contributed by atoms with van der Waals surface area (Å²) >= 11 is 0. The van der Waals surface area contributed by atoms with Crippen molar-refractivity contribution in [3.8, 4) is 34.5 Å². The fourth-order valence-corrected chi connectivity index (χ4v) is 6.68. The number of aliphatic hydroxyl groups excluding tert-OH is 6. The molecule has 55 heavy (non-hydrogen) atoms. The van der Waals surface area contributed by atoms with Crippen LogP contribution in [0.25, 0.3) is 6.08 Å². The van der Waals surface area contributed by atoms with Gasteiger partial charge in [-0.25, -0.2) is 4.79 Å². The highest BCUT2D eigenvalue weighted by molar-refractivity contribution is 6.08. The number of aliphatic hydroxyl groups is 7. The summed E-state index contributed by atoms with van der Waals surface area (Å²) in [7, 11) is 0. The normalized spacial score (nSPS) is 35.4. The van der Waals surface area contributed by atoms with E-state index in [0.717, 1.165) is 18.2 Å². The van der Waals surface area contributed by atoms with Crippen molar-refractivity contribution in [2.24, 2.45) is 0 Å². The van der Waals surface area contributed by atoms with Crippen LogP contribution in [0.2, 0.25) is 0 Å². The first-order valence-corrected chi connectivity index (χ1v) is 16.8. The van der Waals surface area contributed by atoms with E-state index >= 15 is 0 Å². The molecule has 0 aliphatic carbocycles. The Morgan fingerprint density at radius 2 is 1.53 bits per heavy atom. The van der Waals surface area contributed by atoms with Gasteiger partial charge in [-0.2, -0.15) is 0 Å². The number of aliphatic carboxylic acids is 1. The molecule has 0 amide bonds. The van der Waals surface area contributed by atoms with Crippen molar-refractivity contribution in [1.29, 1.82) is 0 Å². The van der Waals surface area contributed by atoms with Crippen LogP contribution >= 0.6 is 0 Å². The van der Waals surface area contributed by atoms with E-state index in [1.165, 1.54) is 55.5 Å². The summed E-state index contributed by atoms with van der Waals surface area (Å²) in [4.78, 5) is 25.4. The molecule has 4 aliphatic rings. The molecule has 19 nitrogen and oxygen atoms in total. The molecular formula is C36H36O19. The zero-order chi connectivity index (χ0) is 39.6. The maximum absolute atomic E-state index is 14.3. The molecule has 3 aromatic rings. The molecule has 0 saturated carbocycles. The molecule has 10 N–H and O–H groups in total. The highest BCUT2D eigenvalue weighted by atomic mass is 16.8. The number of carboxylic acid groups (broad SMARTS) is 1. The van der Waals surface area contributed by atoms with Crippen molar-refractivity contribution < 1.29 is 93.8 Å². The van der Waals surface area contributed by atoms with E-state index < -0.39 is 108 Å². The monoisotopic (exact) mass is 772 g/mol. The maximum atomic E-state index is 14.3. The molecule has 4 heterocycles. The fourth-order valence-electron chi connectivity index (χ4n) is 6.68. The summed E-state index contributed by atoms with van der Waals surface area (Å²) in [5, 5.41) is 105. The van der Waals surface area contributed by atoms with Crippen molar-refractivity contribution in [3.63, 3.8) is 0 Å². The number of carbonyl (C=O) groups is 2. The van der Waals surface area contributed by atoms with E-state index in [-0.39, 0.29) is 28.6 Å². The van der Waals surface area contributed by atoms with Gasteiger partial charge in [-0.3, -0.25) is 4.79 Å². The Kier molecular flexibility index (Phi) is 9.88. The molecule has 294 valence electrons. The summed E-state index contributed by atoms with van der Waals surface area (Å²) in [6.07, 6.45) is -14.3. The maximum Gasteiger partial charge on any atom is 0.357 e. The average molecular weight is 773 g/mol. The molecule has 0 bridgehead atoms. The number of benzene rings is 3. The van der Waals surface area contributed by atoms with Gasteiger partial charge in [0.15, 0.2) is 23.9 Å². The summed E-state index contributed by atoms with van der Waals surface area (Å²) in [6, 6.07) is 11.1. The highest BCUT2D eigenvalue weighted by Gasteiger charge is 2.70. The number of carboxylic acids is 1. The molecule has 0 aromatic heterocycles. The third-order valence-corrected chi connectivity index (χ3v) is 9.61. The molecule has 4 aliphatic heterocycles. The SMILES string of the molecule is C[C@@H]1O[C@@H](O[C@H]2C(Oc3cc(O)c4c(c3)OC3(c5ccc(O)cc5)Oc5ccc(/C=C/C(=O)O)cc5OC3(O)C4=O)O[C@H](CO)[C@@H](O)[C@@H]2O)[C@H](O)[C@H](O)[C@H]1O. The van der Waals surface area contributed by atoms with Crippen LogP contribution in [0.1, 0.15) is 28.4 Å². The lowest BCUT2D eigenvalue weighted by Gasteiger charge is -2.50. The Balaban J connectivity index is 1.26. The lowest BCUT2D eigenvalue weighted by Crippen LogP contribution is -2.70. The van der Waals surface area contributed by atoms with Gasteiger partial charge in [0.2, 0.25) is 6.29 Å². The predicted molar refractivity (Wildman–Crippen MR) is 178 cm³/mol. The predicted octanol–water partition coefficient (Wildman–Crippen LogP) is -1.19. The Morgan fingerprint density at radius 3 is 2.22 bits per heavy atom. The lowest BCUT2D eigenvalue weighted by molar-refractivity contribution is -0.354. The zero-order valence-corrected chi connectivity index (χ0v) is 28.5. The highest BCUT2D eigenvalue weighted by Crippen LogP contribution is 2.55. The number of rotatable bonds is 8. The number of phenols is 2. The summed E-state index contributed by atoms with van der Waals surface area (Å²) in [5.41, 5.74) is -0.377. The van der Waals surface area contributed by atoms with E-state index in [2.05, 4.69) is 0 Å². The molecular weight excluding hydrogens is 736 g/mol. The first-order chi connectivity index (χ1) is 26.1. The van der Waals surface area contributed by atoms with Crippen LogP contribution in [-0.4, -0.2) is 137 Å². The van der Waals surface area contributed by atoms with Crippen molar-refractivity contribution >= 4 is 17.8 Å². The van der Waals surface area contributed by atoms with Crippen LogP contribution < -0.4 is 18.9 Å². The molecule has 3 unspecified atom stereocenters. The van der Waals surface area contributed by atoms with Gasteiger partial charge >= 0.3 is 17.5 Å². The number of carbonyl (C=O) groups excluding carboxylic acids is 1. The lowest BCUT2D eigenvalue weighted by atomic mass is 9.85. The van der Waals surface area contributed by atoms with Crippen LogP contribution in [0, 0.1) is 0 Å². The molecule has 2 fully saturated rings. The number of hydrogen-bond donors (Lipinski definition) is 10. The van der Waals surface area contributed by atoms with E-state index in [1.54, 1.807) is 0 Å². The van der Waals surface area contributed by atoms with Crippen molar-refractivity contribution in [1.82, 2.24) is 0 Å². The molecule has 19 heteroatoms. The Labute approximate surface area is 309 Å². The van der Waals surface area contributed by atoms with Gasteiger partial charge in [0.05, 0.1) is 12.7 Å². The van der Waals surface area contributed by atoms with E-state index in [0.29, 0.717) is 5.56 Å². The van der Waals surface area contributed by atoms with Gasteiger partial charge in [0.25, 0.3) is 5.78 Å². The molecule has 12 atom stereocenters. The van der Waals surface area contributed by atoms with Gasteiger partial charge in [-0.15, -0.1) is 0 Å². The van der Waals surface area contributed by atoms with Gasteiger partial charge in [0.1, 0.15) is 65.2 Å². The quantitative estimate of drug-likeness (QED) is 0.120. The summed E-state index contributed by atoms with van der Waals surface area (Å²) in [6.45, 7) is 0.570. The first-order valence-electron chi connectivity index (χ1n) is 16.8. The van der Waals surface area contributed by atoms with Crippen LogP contribution in [0.15, 0.2) is 60.7 Å². The fraction of sp³-hybridized carbons (Fsp3) is 0.389. The van der Waals surface area contributed by atoms with Gasteiger partial charge < -0.3 is 84.2 Å². The molecule has 3 aromatic carbocycles. The van der Waals surface area contributed by atoms with Crippen LogP contribution in [0.4, 0.5) is 0 Å². The van der Waals surface area contributed by atoms with Crippen LogP contribution in [0.5, 0.6) is 34.5 Å². The Bertz CT molecular complexity index is 1990. The van der Waals surface area contributed by atoms with Gasteiger partial charge in [0, 0.05) is 23.8 Å². The van der Waals surface area contributed by atoms with Crippen molar-refractivity contribution in [2.45, 2.75) is 79.9 Å². The number of fused-ring (bicyclic) bond motifs is 3. The number of ether oxygens (including phenoxy) is 7. The van der Waals surface area contributed by atoms with Gasteiger partial charge in [-0.1, -0.05) is 6.07 Å². The molecule has 7 rings (SSSR count). The smallest absolute Gasteiger partial charge is 0.357 e. The minimum atomic E-state index is -3.07. The van der Waals surface area contributed by atoms with Crippen LogP contribution in [-0.2, 0) is 24.8 Å². The number of phenolic OH excluding ortho intramolecular Hbond substituents is 2.